The molecule has 2 rings (SSSR count). The summed E-state index contributed by atoms with van der Waals surface area (Å²) in [5, 5.41) is 3.58. The maximum Gasteiger partial charge on any atom is 0.218 e. The maximum atomic E-state index is 5.66. The Morgan fingerprint density at radius 2 is 1.90 bits per heavy atom. The molecule has 0 unspecified atom stereocenters. The molecule has 0 spiro atoms. The topological polar surface area (TPSA) is 47.0 Å². The van der Waals surface area contributed by atoms with Crippen LogP contribution in [0.4, 0.5) is 5.82 Å². The van der Waals surface area contributed by atoms with Gasteiger partial charge in [0.25, 0.3) is 0 Å². The highest BCUT2D eigenvalue weighted by atomic mass is 16.5. The first kappa shape index (κ1) is 15.1. The van der Waals surface area contributed by atoms with Crippen LogP contribution in [0, 0.1) is 0 Å². The zero-order valence-corrected chi connectivity index (χ0v) is 12.8. The van der Waals surface area contributed by atoms with Gasteiger partial charge in [-0.1, -0.05) is 39.5 Å². The van der Waals surface area contributed by atoms with E-state index in [1.165, 1.54) is 38.5 Å². The molecule has 112 valence electrons. The molecule has 1 heterocycles. The lowest BCUT2D eigenvalue weighted by Gasteiger charge is -2.17. The minimum absolute atomic E-state index is 0.552. The third-order valence-electron chi connectivity index (χ3n) is 3.73. The Labute approximate surface area is 122 Å². The quantitative estimate of drug-likeness (QED) is 0.799. The van der Waals surface area contributed by atoms with Gasteiger partial charge in [0.1, 0.15) is 11.6 Å². The molecule has 4 nitrogen and oxygen atoms in total. The molecule has 1 N–H and O–H groups in total. The van der Waals surface area contributed by atoms with Crippen LogP contribution in [-0.2, 0) is 6.42 Å². The molecular weight excluding hydrogens is 250 g/mol. The Bertz CT molecular complexity index is 401. The Morgan fingerprint density at radius 1 is 1.15 bits per heavy atom. The van der Waals surface area contributed by atoms with Gasteiger partial charge in [0.05, 0.1) is 6.61 Å². The maximum absolute atomic E-state index is 5.66. The highest BCUT2D eigenvalue weighted by Crippen LogP contribution is 2.22. The summed E-state index contributed by atoms with van der Waals surface area (Å²) in [5.74, 6) is 2.49. The van der Waals surface area contributed by atoms with Gasteiger partial charge in [0.15, 0.2) is 0 Å². The summed E-state index contributed by atoms with van der Waals surface area (Å²) in [7, 11) is 0. The largest absolute Gasteiger partial charge is 0.478 e. The van der Waals surface area contributed by atoms with Crippen molar-refractivity contribution in [2.75, 3.05) is 11.9 Å². The van der Waals surface area contributed by atoms with Crippen molar-refractivity contribution in [2.24, 2.45) is 0 Å². The van der Waals surface area contributed by atoms with Gasteiger partial charge >= 0.3 is 0 Å². The van der Waals surface area contributed by atoms with E-state index in [2.05, 4.69) is 29.1 Å². The second kappa shape index (κ2) is 8.08. The van der Waals surface area contributed by atoms with Crippen molar-refractivity contribution < 1.29 is 4.74 Å². The van der Waals surface area contributed by atoms with Crippen molar-refractivity contribution in [3.05, 3.63) is 11.9 Å². The first-order valence-corrected chi connectivity index (χ1v) is 8.09. The molecule has 0 aliphatic heterocycles. The summed E-state index contributed by atoms with van der Waals surface area (Å²) in [6.07, 6.45) is 9.71. The van der Waals surface area contributed by atoms with Crippen LogP contribution >= 0.6 is 0 Å². The Balaban J connectivity index is 2.04. The number of anilines is 1. The number of rotatable bonds is 6. The average Bonchev–Trinajstić information content (AvgIpc) is 2.73. The van der Waals surface area contributed by atoms with E-state index >= 15 is 0 Å². The summed E-state index contributed by atoms with van der Waals surface area (Å²) in [6, 6.07) is 2.50. The fourth-order valence-electron chi connectivity index (χ4n) is 2.62. The van der Waals surface area contributed by atoms with Gasteiger partial charge in [-0.3, -0.25) is 0 Å². The standard InChI is InChI=1S/C16H27N3O/c1-3-11-20-16-12-15(18-14(4-2)19-16)17-13-9-7-5-6-8-10-13/h12-13H,3-11H2,1-2H3,(H,17,18,19). The minimum atomic E-state index is 0.552. The molecule has 20 heavy (non-hydrogen) atoms. The van der Waals surface area contributed by atoms with Crippen molar-refractivity contribution in [3.8, 4) is 5.88 Å². The Morgan fingerprint density at radius 3 is 2.55 bits per heavy atom. The summed E-state index contributed by atoms with van der Waals surface area (Å²) < 4.78 is 5.66. The van der Waals surface area contributed by atoms with E-state index in [4.69, 9.17) is 4.74 Å². The fraction of sp³-hybridized carbons (Fsp3) is 0.750. The zero-order valence-electron chi connectivity index (χ0n) is 12.8. The van der Waals surface area contributed by atoms with Gasteiger partial charge in [-0.2, -0.15) is 4.98 Å². The molecular formula is C16H27N3O. The molecule has 1 aliphatic rings. The van der Waals surface area contributed by atoms with Crippen LogP contribution < -0.4 is 10.1 Å². The molecule has 1 aromatic heterocycles. The smallest absolute Gasteiger partial charge is 0.218 e. The van der Waals surface area contributed by atoms with Crippen LogP contribution in [0.1, 0.15) is 64.6 Å². The number of nitrogens with one attached hydrogen (secondary N) is 1. The van der Waals surface area contributed by atoms with Crippen LogP contribution in [0.3, 0.4) is 0 Å². The lowest BCUT2D eigenvalue weighted by molar-refractivity contribution is 0.304. The van der Waals surface area contributed by atoms with Crippen LogP contribution in [0.15, 0.2) is 6.07 Å². The van der Waals surface area contributed by atoms with E-state index in [1.54, 1.807) is 0 Å². The van der Waals surface area contributed by atoms with Gasteiger partial charge in [-0.05, 0) is 19.3 Å². The van der Waals surface area contributed by atoms with E-state index in [1.807, 2.05) is 6.07 Å². The summed E-state index contributed by atoms with van der Waals surface area (Å²) >= 11 is 0. The van der Waals surface area contributed by atoms with E-state index in [0.717, 1.165) is 24.5 Å². The number of ether oxygens (including phenoxy) is 1. The number of hydrogen-bond acceptors (Lipinski definition) is 4. The molecule has 1 aromatic rings. The van der Waals surface area contributed by atoms with Crippen molar-refractivity contribution in [2.45, 2.75) is 71.3 Å². The SMILES string of the molecule is CCCOc1cc(NC2CCCCCC2)nc(CC)n1. The molecule has 4 heteroatoms. The van der Waals surface area contributed by atoms with Gasteiger partial charge in [-0.15, -0.1) is 0 Å². The normalized spacial score (nSPS) is 16.7. The van der Waals surface area contributed by atoms with Crippen molar-refractivity contribution in [1.82, 2.24) is 9.97 Å². The van der Waals surface area contributed by atoms with E-state index in [0.29, 0.717) is 18.5 Å². The number of nitrogens with zero attached hydrogens (tertiary/aromatic N) is 2. The predicted octanol–water partition coefficient (Wildman–Crippen LogP) is 3.96. The first-order valence-electron chi connectivity index (χ1n) is 8.09. The van der Waals surface area contributed by atoms with Gasteiger partial charge in [-0.25, -0.2) is 4.98 Å². The van der Waals surface area contributed by atoms with E-state index < -0.39 is 0 Å². The lowest BCUT2D eigenvalue weighted by atomic mass is 10.1. The molecule has 0 aromatic carbocycles. The number of aryl methyl sites for hydroxylation is 1. The van der Waals surface area contributed by atoms with Crippen molar-refractivity contribution in [3.63, 3.8) is 0 Å². The van der Waals surface area contributed by atoms with Gasteiger partial charge in [0.2, 0.25) is 5.88 Å². The van der Waals surface area contributed by atoms with Crippen LogP contribution in [0.25, 0.3) is 0 Å². The van der Waals surface area contributed by atoms with Crippen LogP contribution in [0.2, 0.25) is 0 Å². The molecule has 1 aliphatic carbocycles. The molecule has 0 radical (unpaired) electrons. The molecule has 1 fully saturated rings. The average molecular weight is 277 g/mol. The first-order chi connectivity index (χ1) is 9.81. The predicted molar refractivity (Wildman–Crippen MR) is 82.3 cm³/mol. The monoisotopic (exact) mass is 277 g/mol. The highest BCUT2D eigenvalue weighted by Gasteiger charge is 2.13. The lowest BCUT2D eigenvalue weighted by Crippen LogP contribution is -2.19. The zero-order chi connectivity index (χ0) is 14.2. The van der Waals surface area contributed by atoms with E-state index in [9.17, 15) is 0 Å². The van der Waals surface area contributed by atoms with Crippen molar-refractivity contribution >= 4 is 5.82 Å². The molecule has 0 saturated heterocycles. The minimum Gasteiger partial charge on any atom is -0.478 e. The summed E-state index contributed by atoms with van der Waals surface area (Å²) in [6.45, 7) is 4.89. The second-order valence-electron chi connectivity index (χ2n) is 5.54. The second-order valence-corrected chi connectivity index (χ2v) is 5.54. The molecule has 0 bridgehead atoms. The van der Waals surface area contributed by atoms with Crippen molar-refractivity contribution in [1.29, 1.82) is 0 Å². The Hall–Kier alpha value is -1.32. The van der Waals surface area contributed by atoms with Gasteiger partial charge in [0, 0.05) is 18.5 Å². The Kier molecular flexibility index (Phi) is 6.09. The molecule has 0 amide bonds. The third kappa shape index (κ3) is 4.66. The summed E-state index contributed by atoms with van der Waals surface area (Å²) in [4.78, 5) is 9.01. The highest BCUT2D eigenvalue weighted by molar-refractivity contribution is 5.39. The van der Waals surface area contributed by atoms with Gasteiger partial charge < -0.3 is 10.1 Å². The fourth-order valence-corrected chi connectivity index (χ4v) is 2.62. The number of hydrogen-bond donors (Lipinski definition) is 1. The van der Waals surface area contributed by atoms with Crippen LogP contribution in [-0.4, -0.2) is 22.6 Å². The molecule has 1 saturated carbocycles. The van der Waals surface area contributed by atoms with Crippen LogP contribution in [0.5, 0.6) is 5.88 Å². The summed E-state index contributed by atoms with van der Waals surface area (Å²) in [5.41, 5.74) is 0. The number of aromatic nitrogens is 2. The van der Waals surface area contributed by atoms with E-state index in [-0.39, 0.29) is 0 Å². The molecule has 0 atom stereocenters. The third-order valence-corrected chi connectivity index (χ3v) is 3.73.